The zero-order valence-corrected chi connectivity index (χ0v) is 18.2. The molecule has 0 aliphatic carbocycles. The molecule has 1 aromatic carbocycles. The summed E-state index contributed by atoms with van der Waals surface area (Å²) in [4.78, 5) is 7.14. The average molecular weight is 407 g/mol. The van der Waals surface area contributed by atoms with Crippen molar-refractivity contribution in [1.82, 2.24) is 15.5 Å². The second-order valence-electron chi connectivity index (χ2n) is 6.71. The van der Waals surface area contributed by atoms with Crippen molar-refractivity contribution in [3.63, 3.8) is 0 Å². The molecule has 2 rings (SSSR count). The number of rotatable bonds is 11. The van der Waals surface area contributed by atoms with Crippen LogP contribution < -0.4 is 20.1 Å². The first-order valence-corrected chi connectivity index (χ1v) is 11.0. The van der Waals surface area contributed by atoms with Crippen molar-refractivity contribution < 1.29 is 9.47 Å². The van der Waals surface area contributed by atoms with Gasteiger partial charge in [0.15, 0.2) is 5.96 Å². The summed E-state index contributed by atoms with van der Waals surface area (Å²) in [6.45, 7) is 10.5. The molecule has 0 bridgehead atoms. The zero-order chi connectivity index (χ0) is 20.2. The highest BCUT2D eigenvalue weighted by Gasteiger charge is 2.23. The van der Waals surface area contributed by atoms with E-state index < -0.39 is 0 Å². The van der Waals surface area contributed by atoms with Crippen LogP contribution in [0.15, 0.2) is 35.8 Å². The van der Waals surface area contributed by atoms with Gasteiger partial charge in [0.25, 0.3) is 0 Å². The minimum absolute atomic E-state index is 0.408. The molecule has 156 valence electrons. The molecule has 1 saturated heterocycles. The molecule has 1 aliphatic rings. The number of nitrogens with one attached hydrogen (secondary N) is 2. The first kappa shape index (κ1) is 22.4. The Kier molecular flexibility index (Phi) is 10.1. The Hall–Kier alpha value is -1.86. The molecule has 28 heavy (non-hydrogen) atoms. The van der Waals surface area contributed by atoms with E-state index in [4.69, 9.17) is 14.5 Å². The number of benzene rings is 1. The molecular formula is C21H34N4O2S. The van der Waals surface area contributed by atoms with Gasteiger partial charge in [-0.15, -0.1) is 6.58 Å². The fourth-order valence-electron chi connectivity index (χ4n) is 3.21. The highest BCUT2D eigenvalue weighted by Crippen LogP contribution is 2.24. The Labute approximate surface area is 173 Å². The van der Waals surface area contributed by atoms with E-state index in [1.807, 2.05) is 23.9 Å². The van der Waals surface area contributed by atoms with Crippen molar-refractivity contribution in [2.45, 2.75) is 25.9 Å². The van der Waals surface area contributed by atoms with Gasteiger partial charge in [0.05, 0.1) is 20.8 Å². The van der Waals surface area contributed by atoms with Gasteiger partial charge >= 0.3 is 0 Å². The van der Waals surface area contributed by atoms with Crippen LogP contribution >= 0.6 is 11.8 Å². The van der Waals surface area contributed by atoms with Gasteiger partial charge in [0.2, 0.25) is 0 Å². The molecular weight excluding hydrogens is 372 g/mol. The number of hydrogen-bond acceptors (Lipinski definition) is 5. The van der Waals surface area contributed by atoms with Crippen LogP contribution in [-0.4, -0.2) is 68.8 Å². The molecule has 0 saturated carbocycles. The topological polar surface area (TPSA) is 58.1 Å². The number of methoxy groups -OCH3 is 2. The zero-order valence-electron chi connectivity index (χ0n) is 17.4. The van der Waals surface area contributed by atoms with Crippen LogP contribution in [0.3, 0.4) is 0 Å². The highest BCUT2D eigenvalue weighted by atomic mass is 32.2. The minimum atomic E-state index is 0.408. The Morgan fingerprint density at radius 2 is 2.07 bits per heavy atom. The SMILES string of the molecule is C=CCSCCN=C(NCC)NC1CCN(Cc2cc(OC)cc(OC)c2)C1. The average Bonchev–Trinajstić information content (AvgIpc) is 3.14. The molecule has 6 nitrogen and oxygen atoms in total. The monoisotopic (exact) mass is 406 g/mol. The maximum atomic E-state index is 5.38. The largest absolute Gasteiger partial charge is 0.497 e. The lowest BCUT2D eigenvalue weighted by Crippen LogP contribution is -2.44. The van der Waals surface area contributed by atoms with Crippen LogP contribution in [0.4, 0.5) is 0 Å². The third kappa shape index (κ3) is 7.64. The van der Waals surface area contributed by atoms with Crippen molar-refractivity contribution in [2.24, 2.45) is 4.99 Å². The van der Waals surface area contributed by atoms with E-state index in [-0.39, 0.29) is 0 Å². The number of likely N-dealkylation sites (tertiary alicyclic amines) is 1. The molecule has 0 radical (unpaired) electrons. The lowest BCUT2D eigenvalue weighted by atomic mass is 10.2. The number of nitrogens with zero attached hydrogens (tertiary/aromatic N) is 2. The fourth-order valence-corrected chi connectivity index (χ4v) is 3.77. The van der Waals surface area contributed by atoms with E-state index in [1.165, 1.54) is 5.56 Å². The van der Waals surface area contributed by atoms with Crippen LogP contribution in [0.1, 0.15) is 18.9 Å². The van der Waals surface area contributed by atoms with Gasteiger partial charge in [-0.25, -0.2) is 0 Å². The van der Waals surface area contributed by atoms with E-state index in [1.54, 1.807) is 14.2 Å². The van der Waals surface area contributed by atoms with Gasteiger partial charge in [-0.3, -0.25) is 9.89 Å². The quantitative estimate of drug-likeness (QED) is 0.255. The van der Waals surface area contributed by atoms with Gasteiger partial charge in [0, 0.05) is 49.8 Å². The van der Waals surface area contributed by atoms with Gasteiger partial charge in [-0.2, -0.15) is 11.8 Å². The third-order valence-electron chi connectivity index (χ3n) is 4.52. The highest BCUT2D eigenvalue weighted by molar-refractivity contribution is 7.99. The van der Waals surface area contributed by atoms with E-state index >= 15 is 0 Å². The smallest absolute Gasteiger partial charge is 0.191 e. The summed E-state index contributed by atoms with van der Waals surface area (Å²) in [5.74, 6) is 4.57. The Morgan fingerprint density at radius 3 is 2.71 bits per heavy atom. The molecule has 1 aliphatic heterocycles. The second-order valence-corrected chi connectivity index (χ2v) is 7.86. The van der Waals surface area contributed by atoms with Crippen LogP contribution in [0.2, 0.25) is 0 Å². The van der Waals surface area contributed by atoms with E-state index in [9.17, 15) is 0 Å². The summed E-state index contributed by atoms with van der Waals surface area (Å²) >= 11 is 1.85. The molecule has 1 unspecified atom stereocenters. The summed E-state index contributed by atoms with van der Waals surface area (Å²) in [5.41, 5.74) is 1.21. The second kappa shape index (κ2) is 12.6. The van der Waals surface area contributed by atoms with Crippen molar-refractivity contribution in [3.05, 3.63) is 36.4 Å². The molecule has 1 heterocycles. The van der Waals surface area contributed by atoms with Crippen LogP contribution in [0, 0.1) is 0 Å². The van der Waals surface area contributed by atoms with Crippen molar-refractivity contribution in [1.29, 1.82) is 0 Å². The normalized spacial score (nSPS) is 17.4. The van der Waals surface area contributed by atoms with E-state index in [0.717, 1.165) is 68.1 Å². The number of guanidine groups is 1. The van der Waals surface area contributed by atoms with Gasteiger partial charge < -0.3 is 20.1 Å². The van der Waals surface area contributed by atoms with Gasteiger partial charge in [-0.1, -0.05) is 6.08 Å². The maximum Gasteiger partial charge on any atom is 0.191 e. The summed E-state index contributed by atoms with van der Waals surface area (Å²) in [6, 6.07) is 6.47. The molecule has 2 N–H and O–H groups in total. The first-order chi connectivity index (χ1) is 13.7. The van der Waals surface area contributed by atoms with Gasteiger partial charge in [0.1, 0.15) is 11.5 Å². The number of aliphatic imine (C=N–C) groups is 1. The van der Waals surface area contributed by atoms with Crippen molar-refractivity contribution in [2.75, 3.05) is 51.9 Å². The fraction of sp³-hybridized carbons (Fsp3) is 0.571. The molecule has 1 aromatic rings. The molecule has 0 amide bonds. The predicted molar refractivity (Wildman–Crippen MR) is 120 cm³/mol. The summed E-state index contributed by atoms with van der Waals surface area (Å²) in [7, 11) is 3.37. The molecule has 1 fully saturated rings. The minimum Gasteiger partial charge on any atom is -0.497 e. The summed E-state index contributed by atoms with van der Waals surface area (Å²) in [6.07, 6.45) is 3.04. The standard InChI is InChI=1S/C21H34N4O2S/c1-5-10-28-11-8-23-21(22-6-2)24-18-7-9-25(16-18)15-17-12-19(26-3)14-20(13-17)27-4/h5,12-14,18H,1,6-11,15-16H2,2-4H3,(H2,22,23,24). The Balaban J connectivity index is 1.86. The molecule has 0 spiro atoms. The molecule has 0 aromatic heterocycles. The predicted octanol–water partition coefficient (Wildman–Crippen LogP) is 2.75. The Morgan fingerprint density at radius 1 is 1.32 bits per heavy atom. The number of ether oxygens (including phenoxy) is 2. The lowest BCUT2D eigenvalue weighted by molar-refractivity contribution is 0.321. The first-order valence-electron chi connectivity index (χ1n) is 9.86. The van der Waals surface area contributed by atoms with Crippen molar-refractivity contribution >= 4 is 17.7 Å². The lowest BCUT2D eigenvalue weighted by Gasteiger charge is -2.19. The third-order valence-corrected chi connectivity index (χ3v) is 5.46. The van der Waals surface area contributed by atoms with Gasteiger partial charge in [-0.05, 0) is 31.0 Å². The number of thioether (sulfide) groups is 1. The van der Waals surface area contributed by atoms with Crippen LogP contribution in [0.25, 0.3) is 0 Å². The summed E-state index contributed by atoms with van der Waals surface area (Å²) in [5, 5.41) is 6.94. The molecule has 7 heteroatoms. The summed E-state index contributed by atoms with van der Waals surface area (Å²) < 4.78 is 10.8. The van der Waals surface area contributed by atoms with E-state index in [2.05, 4.69) is 41.2 Å². The van der Waals surface area contributed by atoms with E-state index in [0.29, 0.717) is 6.04 Å². The Bertz CT molecular complexity index is 617. The molecule has 1 atom stereocenters. The maximum absolute atomic E-state index is 5.38. The van der Waals surface area contributed by atoms with Crippen LogP contribution in [0.5, 0.6) is 11.5 Å². The van der Waals surface area contributed by atoms with Crippen molar-refractivity contribution in [3.8, 4) is 11.5 Å². The van der Waals surface area contributed by atoms with Crippen LogP contribution in [-0.2, 0) is 6.54 Å². The number of hydrogen-bond donors (Lipinski definition) is 2.